The van der Waals surface area contributed by atoms with Crippen molar-refractivity contribution in [2.45, 2.75) is 216 Å². The highest BCUT2D eigenvalue weighted by Gasteiger charge is 2.59. The molecule has 5 N–H and O–H groups in total. The predicted octanol–water partition coefficient (Wildman–Crippen LogP) is 1.74. The monoisotopic (exact) mass is 954 g/mol. The smallest absolute Gasteiger partial charge is 0.331 e. The summed E-state index contributed by atoms with van der Waals surface area (Å²) in [5.74, 6) is -0.376. The molecule has 24 unspecified atom stereocenters. The zero-order valence-corrected chi connectivity index (χ0v) is 40.2. The van der Waals surface area contributed by atoms with Crippen molar-refractivity contribution in [3.05, 3.63) is 23.3 Å². The van der Waals surface area contributed by atoms with Crippen molar-refractivity contribution in [1.29, 1.82) is 0 Å². The van der Waals surface area contributed by atoms with Gasteiger partial charge in [0, 0.05) is 52.6 Å². The van der Waals surface area contributed by atoms with E-state index in [4.69, 9.17) is 56.8 Å². The first-order chi connectivity index (χ1) is 31.8. The van der Waals surface area contributed by atoms with Gasteiger partial charge in [-0.15, -0.1) is 0 Å². The molecule has 8 aliphatic rings. The average Bonchev–Trinajstić information content (AvgIpc) is 3.65. The number of hydrogen-bond donors (Lipinski definition) is 5. The topological polar surface area (TPSA) is 246 Å². The summed E-state index contributed by atoms with van der Waals surface area (Å²) in [5, 5.41) is 52.4. The van der Waals surface area contributed by atoms with E-state index in [2.05, 4.69) is 13.0 Å². The van der Waals surface area contributed by atoms with Crippen LogP contribution in [0.1, 0.15) is 92.9 Å². The van der Waals surface area contributed by atoms with Crippen molar-refractivity contribution in [2.75, 3.05) is 27.9 Å². The van der Waals surface area contributed by atoms with E-state index in [9.17, 15) is 35.1 Å². The minimum atomic E-state index is -1.59. The van der Waals surface area contributed by atoms with E-state index in [0.29, 0.717) is 38.5 Å². The first-order valence-corrected chi connectivity index (χ1v) is 24.2. The molecule has 19 nitrogen and oxygen atoms in total. The highest BCUT2D eigenvalue weighted by molar-refractivity contribution is 5.95. The van der Waals surface area contributed by atoms with Gasteiger partial charge in [-0.3, -0.25) is 4.79 Å². The van der Waals surface area contributed by atoms with Crippen molar-refractivity contribution in [2.24, 2.45) is 22.7 Å². The van der Waals surface area contributed by atoms with Gasteiger partial charge in [-0.05, 0) is 83.6 Å². The van der Waals surface area contributed by atoms with Crippen LogP contribution in [0.25, 0.3) is 0 Å². The summed E-state index contributed by atoms with van der Waals surface area (Å²) in [6.45, 7) is 10.9. The van der Waals surface area contributed by atoms with Gasteiger partial charge in [-0.2, -0.15) is 0 Å². The maximum absolute atomic E-state index is 14.2. The lowest BCUT2D eigenvalue weighted by Gasteiger charge is -2.56. The molecule has 0 bridgehead atoms. The largest absolute Gasteiger partial charge is 0.455 e. The molecular formula is C48H74O19. The SMILES string of the molecule is COC1CC(OC2CC3=CCC4C(=O)C(C)(C5=CC(=O)OC5C)CCC4C3(C)CC2O)OC(C)C1OC1CC(OC)C(OC2CC(OC)C(OC3OC(CO)C(O)C(O)C3O)C(C)O2)C(C)O1. The van der Waals surface area contributed by atoms with Crippen LogP contribution < -0.4 is 0 Å². The number of hydrogen-bond acceptors (Lipinski definition) is 19. The molecule has 19 heteroatoms. The third-order valence-electron chi connectivity index (χ3n) is 16.5. The number of methoxy groups -OCH3 is 3. The van der Waals surface area contributed by atoms with Gasteiger partial charge < -0.3 is 82.4 Å². The molecule has 5 heterocycles. The molecule has 24 atom stereocenters. The average molecular weight is 955 g/mol. The molecule has 0 aromatic heterocycles. The van der Waals surface area contributed by atoms with Crippen LogP contribution in [0.2, 0.25) is 0 Å². The molecule has 0 aromatic carbocycles. The lowest BCUT2D eigenvalue weighted by atomic mass is 9.49. The molecule has 2 saturated carbocycles. The number of Topliss-reactive ketones (excluding diaryl/α,β-unsaturated/α-hetero) is 1. The van der Waals surface area contributed by atoms with E-state index < -0.39 is 141 Å². The molecule has 5 aliphatic heterocycles. The third kappa shape index (κ3) is 9.85. The van der Waals surface area contributed by atoms with Gasteiger partial charge in [0.2, 0.25) is 0 Å². The fraction of sp³-hybridized carbons (Fsp3) is 0.875. The second kappa shape index (κ2) is 20.6. The number of carbonyl (C=O) groups excluding carboxylic acids is 2. The Morgan fingerprint density at radius 3 is 1.75 bits per heavy atom. The van der Waals surface area contributed by atoms with Gasteiger partial charge in [-0.1, -0.05) is 18.6 Å². The Morgan fingerprint density at radius 2 is 1.24 bits per heavy atom. The number of rotatable bonds is 13. The zero-order chi connectivity index (χ0) is 48.3. The summed E-state index contributed by atoms with van der Waals surface area (Å²) in [6.07, 6.45) is -8.32. The van der Waals surface area contributed by atoms with Crippen LogP contribution in [0.5, 0.6) is 0 Å². The zero-order valence-electron chi connectivity index (χ0n) is 40.2. The molecule has 380 valence electrons. The van der Waals surface area contributed by atoms with E-state index in [1.165, 1.54) is 18.8 Å². The molecule has 8 rings (SSSR count). The molecule has 0 spiro atoms. The fourth-order valence-electron chi connectivity index (χ4n) is 12.6. The molecule has 0 aromatic rings. The van der Waals surface area contributed by atoms with Crippen molar-refractivity contribution in [3.63, 3.8) is 0 Å². The van der Waals surface area contributed by atoms with Gasteiger partial charge in [-0.25, -0.2) is 4.79 Å². The van der Waals surface area contributed by atoms with Crippen molar-refractivity contribution in [3.8, 4) is 0 Å². The normalized spacial score (nSPS) is 50.5. The van der Waals surface area contributed by atoms with Crippen LogP contribution in [-0.4, -0.2) is 188 Å². The highest BCUT2D eigenvalue weighted by atomic mass is 16.8. The predicted molar refractivity (Wildman–Crippen MR) is 232 cm³/mol. The van der Waals surface area contributed by atoms with Gasteiger partial charge in [0.15, 0.2) is 25.2 Å². The number of esters is 1. The quantitative estimate of drug-likeness (QED) is 0.130. The van der Waals surface area contributed by atoms with Gasteiger partial charge in [0.05, 0.1) is 60.9 Å². The van der Waals surface area contributed by atoms with Crippen LogP contribution in [-0.2, 0) is 66.4 Å². The van der Waals surface area contributed by atoms with Crippen LogP contribution in [0.15, 0.2) is 23.3 Å². The summed E-state index contributed by atoms with van der Waals surface area (Å²) >= 11 is 0. The summed E-state index contributed by atoms with van der Waals surface area (Å²) in [7, 11) is 4.73. The van der Waals surface area contributed by atoms with Gasteiger partial charge in [0.1, 0.15) is 54.6 Å². The Balaban J connectivity index is 0.839. The molecule has 67 heavy (non-hydrogen) atoms. The third-order valence-corrected chi connectivity index (χ3v) is 16.5. The lowest BCUT2D eigenvalue weighted by Crippen LogP contribution is -2.62. The number of ether oxygens (including phenoxy) is 12. The van der Waals surface area contributed by atoms with E-state index in [1.807, 2.05) is 27.7 Å². The number of allylic oxidation sites excluding steroid dienone is 1. The fourth-order valence-corrected chi connectivity index (χ4v) is 12.6. The number of aliphatic hydroxyl groups is 5. The Labute approximate surface area is 392 Å². The second-order valence-corrected chi connectivity index (χ2v) is 20.5. The molecular weight excluding hydrogens is 881 g/mol. The van der Waals surface area contributed by atoms with Crippen molar-refractivity contribution in [1.82, 2.24) is 0 Å². The molecule has 3 aliphatic carbocycles. The van der Waals surface area contributed by atoms with Crippen molar-refractivity contribution >= 4 is 11.8 Å². The molecule has 0 radical (unpaired) electrons. The number of cyclic esters (lactones) is 1. The maximum Gasteiger partial charge on any atom is 0.331 e. The van der Waals surface area contributed by atoms with Crippen LogP contribution in [0, 0.1) is 22.7 Å². The number of ketones is 1. The first kappa shape index (κ1) is 51.3. The molecule has 0 amide bonds. The Hall–Kier alpha value is -2.02. The van der Waals surface area contributed by atoms with Crippen LogP contribution in [0.3, 0.4) is 0 Å². The van der Waals surface area contributed by atoms with Crippen molar-refractivity contribution < 1.29 is 92.0 Å². The lowest BCUT2D eigenvalue weighted by molar-refractivity contribution is -0.357. The van der Waals surface area contributed by atoms with Gasteiger partial charge in [0.25, 0.3) is 0 Å². The van der Waals surface area contributed by atoms with Gasteiger partial charge >= 0.3 is 5.97 Å². The minimum absolute atomic E-state index is 0.0691. The highest BCUT2D eigenvalue weighted by Crippen LogP contribution is 2.60. The number of fused-ring (bicyclic) bond motifs is 3. The Kier molecular flexibility index (Phi) is 15.8. The number of carbonyl (C=O) groups is 2. The summed E-state index contributed by atoms with van der Waals surface area (Å²) in [4.78, 5) is 26.3. The van der Waals surface area contributed by atoms with Crippen LogP contribution in [0.4, 0.5) is 0 Å². The first-order valence-electron chi connectivity index (χ1n) is 24.2. The van der Waals surface area contributed by atoms with E-state index >= 15 is 0 Å². The van der Waals surface area contributed by atoms with E-state index in [-0.39, 0.29) is 29.5 Å². The summed E-state index contributed by atoms with van der Waals surface area (Å²) < 4.78 is 73.5. The Bertz CT molecular complexity index is 1810. The second-order valence-electron chi connectivity index (χ2n) is 20.5. The summed E-state index contributed by atoms with van der Waals surface area (Å²) in [5.41, 5.74) is 0.849. The summed E-state index contributed by atoms with van der Waals surface area (Å²) in [6, 6.07) is 0. The maximum atomic E-state index is 14.2. The number of aliphatic hydroxyl groups excluding tert-OH is 5. The minimum Gasteiger partial charge on any atom is -0.455 e. The molecule has 6 fully saturated rings. The van der Waals surface area contributed by atoms with E-state index in [1.54, 1.807) is 21.1 Å². The standard InChI is InChI=1S/C48H74O19/c1-21-28(15-35(51)59-21)47(5)13-12-27-26(45(47)55)11-10-25-14-30(29(50)19-48(25,27)6)63-36-16-31(56-7)42(22(2)60-36)65-37-17-32(57-8)43(23(3)61-37)66-38-18-33(58-9)44(24(4)62-38)67-46-41(54)40(53)39(52)34(20-49)64-46/h10,15,21-24,26-27,29-34,36-44,46,49-50,52-54H,11-14,16-20H2,1-9H3. The molecule has 4 saturated heterocycles. The Morgan fingerprint density at radius 1 is 0.701 bits per heavy atom. The van der Waals surface area contributed by atoms with Crippen LogP contribution >= 0.6 is 0 Å². The van der Waals surface area contributed by atoms with E-state index in [0.717, 1.165) is 12.0 Å².